The molecule has 5 nitrogen and oxygen atoms in total. The third-order valence-electron chi connectivity index (χ3n) is 4.89. The van der Waals surface area contributed by atoms with Gasteiger partial charge < -0.3 is 10.0 Å². The Morgan fingerprint density at radius 1 is 0.967 bits per heavy atom. The van der Waals surface area contributed by atoms with Crippen LogP contribution in [0.1, 0.15) is 25.0 Å². The largest absolute Gasteiger partial charge is 0.506 e. The molecule has 0 saturated carbocycles. The molecule has 3 aromatic carbocycles. The Morgan fingerprint density at radius 2 is 1.67 bits per heavy atom. The van der Waals surface area contributed by atoms with E-state index in [1.54, 1.807) is 13.1 Å². The Balaban J connectivity index is 1.77. The van der Waals surface area contributed by atoms with E-state index in [9.17, 15) is 13.5 Å². The van der Waals surface area contributed by atoms with Crippen molar-refractivity contribution in [2.75, 3.05) is 17.2 Å². The van der Waals surface area contributed by atoms with Crippen LogP contribution in [0.25, 0.3) is 0 Å². The first-order chi connectivity index (χ1) is 14.4. The number of benzene rings is 3. The monoisotopic (exact) mass is 422 g/mol. The number of sulfone groups is 1. The molecule has 0 aliphatic carbocycles. The number of phenolic OH excluding ortho intramolecular Hbond substituents is 1. The molecule has 156 valence electrons. The zero-order valence-electron chi connectivity index (χ0n) is 17.2. The molecule has 30 heavy (non-hydrogen) atoms. The highest BCUT2D eigenvalue weighted by Crippen LogP contribution is 2.29. The minimum Gasteiger partial charge on any atom is -0.506 e. The van der Waals surface area contributed by atoms with Gasteiger partial charge in [0.25, 0.3) is 0 Å². The lowest BCUT2D eigenvalue weighted by Crippen LogP contribution is -2.21. The molecule has 3 rings (SSSR count). The number of aromatic hydroxyl groups is 1. The first kappa shape index (κ1) is 21.6. The van der Waals surface area contributed by atoms with Crippen LogP contribution >= 0.6 is 0 Å². The number of aliphatic imine (C=N–C) groups is 1. The molecule has 0 radical (unpaired) electrons. The molecule has 0 bridgehead atoms. The van der Waals surface area contributed by atoms with Gasteiger partial charge in [-0.1, -0.05) is 49.4 Å². The molecule has 1 N–H and O–H groups in total. The smallest absolute Gasteiger partial charge is 0.178 e. The molecule has 0 spiro atoms. The summed E-state index contributed by atoms with van der Waals surface area (Å²) < 4.78 is 24.1. The summed E-state index contributed by atoms with van der Waals surface area (Å²) in [6.07, 6.45) is 1.62. The molecular formula is C24H26N2O3S. The summed E-state index contributed by atoms with van der Waals surface area (Å²) in [5.74, 6) is -0.0582. The Morgan fingerprint density at radius 3 is 2.30 bits per heavy atom. The van der Waals surface area contributed by atoms with Gasteiger partial charge in [0.05, 0.1) is 10.6 Å². The van der Waals surface area contributed by atoms with Gasteiger partial charge in [-0.05, 0) is 48.4 Å². The van der Waals surface area contributed by atoms with E-state index in [4.69, 9.17) is 0 Å². The molecule has 0 aliphatic rings. The fraction of sp³-hybridized carbons (Fsp3) is 0.208. The molecule has 0 saturated heterocycles. The van der Waals surface area contributed by atoms with E-state index in [0.717, 1.165) is 24.3 Å². The van der Waals surface area contributed by atoms with Crippen LogP contribution in [-0.2, 0) is 16.4 Å². The predicted molar refractivity (Wildman–Crippen MR) is 123 cm³/mol. The van der Waals surface area contributed by atoms with E-state index in [0.29, 0.717) is 0 Å². The number of anilines is 1. The Hall–Kier alpha value is -3.12. The summed E-state index contributed by atoms with van der Waals surface area (Å²) in [6.45, 7) is 5.43. The van der Waals surface area contributed by atoms with E-state index in [-0.39, 0.29) is 22.1 Å². The van der Waals surface area contributed by atoms with Crippen LogP contribution in [0.15, 0.2) is 82.7 Å². The highest BCUT2D eigenvalue weighted by Gasteiger charge is 2.13. The Bertz CT molecular complexity index is 1110. The van der Waals surface area contributed by atoms with Crippen molar-refractivity contribution in [2.45, 2.75) is 25.3 Å². The zero-order chi connectivity index (χ0) is 21.6. The topological polar surface area (TPSA) is 70.0 Å². The van der Waals surface area contributed by atoms with Crippen LogP contribution in [-0.4, -0.2) is 32.0 Å². The molecule has 0 atom stereocenters. The SMILES string of the molecule is CCN(Cc1ccccc1)c1ccc(C=Nc2cc(S(=O)(=O)CC)ccc2O)cc1. The normalized spacial score (nSPS) is 11.7. The fourth-order valence-electron chi connectivity index (χ4n) is 3.07. The van der Waals surface area contributed by atoms with E-state index in [1.807, 2.05) is 42.5 Å². The van der Waals surface area contributed by atoms with Crippen LogP contribution < -0.4 is 4.90 Å². The predicted octanol–water partition coefficient (Wildman–Crippen LogP) is 4.96. The average Bonchev–Trinajstić information content (AvgIpc) is 2.78. The number of rotatable bonds is 8. The zero-order valence-corrected chi connectivity index (χ0v) is 18.0. The summed E-state index contributed by atoms with van der Waals surface area (Å²) in [5, 5.41) is 10.0. The summed E-state index contributed by atoms with van der Waals surface area (Å²) in [5.41, 5.74) is 3.45. The maximum atomic E-state index is 12.1. The second-order valence-electron chi connectivity index (χ2n) is 6.90. The standard InChI is InChI=1S/C24H26N2O3S/c1-3-26(18-20-8-6-5-7-9-20)21-12-10-19(11-13-21)17-25-23-16-22(14-15-24(23)27)30(28,29)4-2/h5-17,27H,3-4,18H2,1-2H3. The lowest BCUT2D eigenvalue weighted by atomic mass is 10.1. The summed E-state index contributed by atoms with van der Waals surface area (Å²) in [4.78, 5) is 6.73. The molecule has 0 unspecified atom stereocenters. The number of phenols is 1. The second kappa shape index (κ2) is 9.59. The first-order valence-corrected chi connectivity index (χ1v) is 11.6. The van der Waals surface area contributed by atoms with Crippen molar-refractivity contribution in [3.8, 4) is 5.75 Å². The van der Waals surface area contributed by atoms with Crippen molar-refractivity contribution in [3.63, 3.8) is 0 Å². The maximum Gasteiger partial charge on any atom is 0.178 e. The molecule has 0 fully saturated rings. The summed E-state index contributed by atoms with van der Waals surface area (Å²) >= 11 is 0. The Labute approximate surface area is 178 Å². The summed E-state index contributed by atoms with van der Waals surface area (Å²) in [7, 11) is -3.35. The lowest BCUT2D eigenvalue weighted by molar-refractivity contribution is 0.476. The van der Waals surface area contributed by atoms with Gasteiger partial charge in [0.15, 0.2) is 9.84 Å². The van der Waals surface area contributed by atoms with Crippen molar-refractivity contribution >= 4 is 27.4 Å². The molecule has 0 heterocycles. The van der Waals surface area contributed by atoms with E-state index >= 15 is 0 Å². The van der Waals surface area contributed by atoms with Gasteiger partial charge in [-0.15, -0.1) is 0 Å². The van der Waals surface area contributed by atoms with Crippen LogP contribution in [0.5, 0.6) is 5.75 Å². The van der Waals surface area contributed by atoms with Crippen LogP contribution in [0.4, 0.5) is 11.4 Å². The van der Waals surface area contributed by atoms with E-state index < -0.39 is 9.84 Å². The van der Waals surface area contributed by atoms with Crippen molar-refractivity contribution in [3.05, 3.63) is 83.9 Å². The molecule has 3 aromatic rings. The van der Waals surface area contributed by atoms with Crippen LogP contribution in [0, 0.1) is 0 Å². The highest BCUT2D eigenvalue weighted by molar-refractivity contribution is 7.91. The van der Waals surface area contributed by atoms with E-state index in [1.165, 1.54) is 23.8 Å². The average molecular weight is 423 g/mol. The number of hydrogen-bond donors (Lipinski definition) is 1. The maximum absolute atomic E-state index is 12.1. The minimum atomic E-state index is -3.35. The molecule has 0 amide bonds. The van der Waals surface area contributed by atoms with Crippen molar-refractivity contribution in [1.82, 2.24) is 0 Å². The lowest BCUT2D eigenvalue weighted by Gasteiger charge is -2.23. The number of hydrogen-bond acceptors (Lipinski definition) is 5. The van der Waals surface area contributed by atoms with Gasteiger partial charge in [0.1, 0.15) is 11.4 Å². The van der Waals surface area contributed by atoms with Crippen LogP contribution in [0.2, 0.25) is 0 Å². The second-order valence-corrected chi connectivity index (χ2v) is 9.18. The molecular weight excluding hydrogens is 396 g/mol. The van der Waals surface area contributed by atoms with Gasteiger partial charge in [0, 0.05) is 25.0 Å². The molecule has 0 aliphatic heterocycles. The molecule has 0 aromatic heterocycles. The van der Waals surface area contributed by atoms with Gasteiger partial charge in [0.2, 0.25) is 0 Å². The minimum absolute atomic E-state index is 0.000693. The third kappa shape index (κ3) is 5.27. The third-order valence-corrected chi connectivity index (χ3v) is 6.63. The number of nitrogens with zero attached hydrogens (tertiary/aromatic N) is 2. The summed E-state index contributed by atoms with van der Waals surface area (Å²) in [6, 6.07) is 22.5. The van der Waals surface area contributed by atoms with Gasteiger partial charge in [-0.3, -0.25) is 4.99 Å². The van der Waals surface area contributed by atoms with Gasteiger partial charge in [-0.2, -0.15) is 0 Å². The Kier molecular flexibility index (Phi) is 6.90. The highest BCUT2D eigenvalue weighted by atomic mass is 32.2. The fourth-order valence-corrected chi connectivity index (χ4v) is 3.97. The first-order valence-electron chi connectivity index (χ1n) is 9.91. The quantitative estimate of drug-likeness (QED) is 0.521. The van der Waals surface area contributed by atoms with Crippen LogP contribution in [0.3, 0.4) is 0 Å². The van der Waals surface area contributed by atoms with Crippen molar-refractivity contribution in [1.29, 1.82) is 0 Å². The van der Waals surface area contributed by atoms with E-state index in [2.05, 4.69) is 28.9 Å². The van der Waals surface area contributed by atoms with Gasteiger partial charge in [-0.25, -0.2) is 8.42 Å². The van der Waals surface area contributed by atoms with Crippen molar-refractivity contribution in [2.24, 2.45) is 4.99 Å². The van der Waals surface area contributed by atoms with Gasteiger partial charge >= 0.3 is 0 Å². The van der Waals surface area contributed by atoms with Crippen molar-refractivity contribution < 1.29 is 13.5 Å². The molecule has 6 heteroatoms.